The van der Waals surface area contributed by atoms with Crippen LogP contribution in [-0.2, 0) is 0 Å². The van der Waals surface area contributed by atoms with Crippen LogP contribution in [0.1, 0.15) is 0 Å². The number of aromatic nitrogens is 3. The van der Waals surface area contributed by atoms with Crippen molar-refractivity contribution in [1.82, 2.24) is 14.5 Å². The molecule has 288 valence electrons. The maximum atomic E-state index is 5.38. The zero-order valence-electron chi connectivity index (χ0n) is 33.5. The number of nitrogens with zero attached hydrogens (tertiary/aromatic N) is 3. The van der Waals surface area contributed by atoms with E-state index < -0.39 is 0 Å². The maximum absolute atomic E-state index is 5.38. The standard InChI is InChI=1S/C58H35N3S/c1-4-14-36(15-5-1)39-26-29-53-50(31-39)51-33-48-43-21-11-10-20-42(43)47-30-40(41-25-28-46-45-22-12-13-23-55(45)62-56(46)32-41)24-27-44(47)49(48)34-54(51)61(53)57-35-52(37-16-6-2-7-17-37)59-58(60-57)38-18-8-3-9-19-38/h1-35H. The Morgan fingerprint density at radius 1 is 0.290 bits per heavy atom. The molecule has 0 spiro atoms. The van der Waals surface area contributed by atoms with E-state index in [2.05, 4.69) is 205 Å². The van der Waals surface area contributed by atoms with Gasteiger partial charge in [-0.15, -0.1) is 11.3 Å². The second kappa shape index (κ2) is 13.8. The van der Waals surface area contributed by atoms with Gasteiger partial charge in [-0.2, -0.15) is 0 Å². The molecule has 0 saturated carbocycles. The number of thiophene rings is 1. The van der Waals surface area contributed by atoms with Crippen LogP contribution in [0.5, 0.6) is 0 Å². The molecule has 0 bridgehead atoms. The van der Waals surface area contributed by atoms with Gasteiger partial charge in [-0.25, -0.2) is 9.97 Å². The predicted molar refractivity (Wildman–Crippen MR) is 264 cm³/mol. The molecule has 62 heavy (non-hydrogen) atoms. The zero-order valence-corrected chi connectivity index (χ0v) is 34.3. The van der Waals surface area contributed by atoms with E-state index in [0.717, 1.165) is 33.7 Å². The van der Waals surface area contributed by atoms with Gasteiger partial charge in [-0.3, -0.25) is 4.57 Å². The topological polar surface area (TPSA) is 30.7 Å². The van der Waals surface area contributed by atoms with Gasteiger partial charge in [-0.05, 0) is 97.0 Å². The molecule has 0 aliphatic carbocycles. The molecule has 0 unspecified atom stereocenters. The third kappa shape index (κ3) is 5.51. The molecule has 3 nitrogen and oxygen atoms in total. The van der Waals surface area contributed by atoms with Gasteiger partial charge in [0, 0.05) is 48.1 Å². The summed E-state index contributed by atoms with van der Waals surface area (Å²) < 4.78 is 4.99. The van der Waals surface area contributed by atoms with E-state index in [1.165, 1.54) is 85.5 Å². The highest BCUT2D eigenvalue weighted by atomic mass is 32.1. The minimum atomic E-state index is 0.691. The summed E-state index contributed by atoms with van der Waals surface area (Å²) in [5.41, 5.74) is 9.91. The molecule has 10 aromatic carbocycles. The summed E-state index contributed by atoms with van der Waals surface area (Å²) in [7, 11) is 0. The van der Waals surface area contributed by atoms with E-state index in [1.807, 2.05) is 23.5 Å². The molecule has 0 aliphatic heterocycles. The lowest BCUT2D eigenvalue weighted by atomic mass is 9.91. The average Bonchev–Trinajstić information content (AvgIpc) is 3.88. The number of hydrogen-bond donors (Lipinski definition) is 0. The first kappa shape index (κ1) is 34.9. The Labute approximate surface area is 361 Å². The largest absolute Gasteiger partial charge is 0.294 e. The van der Waals surface area contributed by atoms with Crippen LogP contribution in [0.2, 0.25) is 0 Å². The molecule has 13 rings (SSSR count). The highest BCUT2D eigenvalue weighted by molar-refractivity contribution is 7.25. The summed E-state index contributed by atoms with van der Waals surface area (Å²) in [6.45, 7) is 0. The highest BCUT2D eigenvalue weighted by Crippen LogP contribution is 2.44. The monoisotopic (exact) mass is 805 g/mol. The molecular formula is C58H35N3S. The fourth-order valence-electron chi connectivity index (χ4n) is 9.63. The molecule has 0 atom stereocenters. The number of rotatable bonds is 5. The Balaban J connectivity index is 1.10. The first-order valence-electron chi connectivity index (χ1n) is 21.1. The lowest BCUT2D eigenvalue weighted by molar-refractivity contribution is 1.05. The molecule has 0 radical (unpaired) electrons. The molecule has 3 aromatic heterocycles. The van der Waals surface area contributed by atoms with E-state index in [-0.39, 0.29) is 0 Å². The molecule has 0 fully saturated rings. The Kier molecular flexibility index (Phi) is 7.78. The summed E-state index contributed by atoms with van der Waals surface area (Å²) in [6, 6.07) is 76.9. The quantitative estimate of drug-likeness (QED) is 0.162. The van der Waals surface area contributed by atoms with Gasteiger partial charge < -0.3 is 0 Å². The van der Waals surface area contributed by atoms with Crippen LogP contribution < -0.4 is 0 Å². The van der Waals surface area contributed by atoms with Gasteiger partial charge in [0.05, 0.1) is 16.7 Å². The van der Waals surface area contributed by atoms with Crippen LogP contribution in [0.15, 0.2) is 212 Å². The number of fused-ring (bicyclic) bond motifs is 12. The first-order chi connectivity index (χ1) is 30.7. The summed E-state index contributed by atoms with van der Waals surface area (Å²) >= 11 is 1.87. The Hall–Kier alpha value is -7.92. The lowest BCUT2D eigenvalue weighted by Gasteiger charge is -2.14. The van der Waals surface area contributed by atoms with Crippen LogP contribution in [0.25, 0.3) is 125 Å². The van der Waals surface area contributed by atoms with Crippen molar-refractivity contribution in [2.24, 2.45) is 0 Å². The zero-order chi connectivity index (χ0) is 40.7. The first-order valence-corrected chi connectivity index (χ1v) is 21.9. The maximum Gasteiger partial charge on any atom is 0.162 e. The third-order valence-corrected chi connectivity index (χ3v) is 13.7. The van der Waals surface area contributed by atoms with Gasteiger partial charge in [-0.1, -0.05) is 164 Å². The van der Waals surface area contributed by atoms with Gasteiger partial charge in [0.15, 0.2) is 5.82 Å². The Morgan fingerprint density at radius 3 is 1.56 bits per heavy atom. The van der Waals surface area contributed by atoms with Crippen LogP contribution in [-0.4, -0.2) is 14.5 Å². The van der Waals surface area contributed by atoms with Crippen LogP contribution in [0, 0.1) is 0 Å². The third-order valence-electron chi connectivity index (χ3n) is 12.6. The second-order valence-corrected chi connectivity index (χ2v) is 17.2. The van der Waals surface area contributed by atoms with E-state index in [4.69, 9.17) is 9.97 Å². The average molecular weight is 806 g/mol. The Bertz CT molecular complexity index is 3850. The SMILES string of the molecule is c1ccc(-c2ccc3c(c2)c2cc4c5ccccc5c5cc(-c6ccc7c(c6)sc6ccccc67)ccc5c4cc2n3-c2cc(-c3ccccc3)nc(-c3ccccc3)n2)cc1. The predicted octanol–water partition coefficient (Wildman–Crippen LogP) is 16.1. The van der Waals surface area contributed by atoms with Gasteiger partial charge in [0.25, 0.3) is 0 Å². The molecule has 0 amide bonds. The van der Waals surface area contributed by atoms with Crippen molar-refractivity contribution in [3.05, 3.63) is 212 Å². The lowest BCUT2D eigenvalue weighted by Crippen LogP contribution is -2.02. The Morgan fingerprint density at radius 2 is 0.806 bits per heavy atom. The normalized spacial score (nSPS) is 11.9. The van der Waals surface area contributed by atoms with E-state index in [9.17, 15) is 0 Å². The minimum Gasteiger partial charge on any atom is -0.294 e. The van der Waals surface area contributed by atoms with Crippen molar-refractivity contribution < 1.29 is 0 Å². The molecule has 13 aromatic rings. The summed E-state index contributed by atoms with van der Waals surface area (Å²) in [4.78, 5) is 10.5. The van der Waals surface area contributed by atoms with Crippen LogP contribution in [0.3, 0.4) is 0 Å². The number of benzene rings is 10. The second-order valence-electron chi connectivity index (χ2n) is 16.1. The molecule has 3 heterocycles. The van der Waals surface area contributed by atoms with Gasteiger partial charge >= 0.3 is 0 Å². The van der Waals surface area contributed by atoms with Gasteiger partial charge in [0.1, 0.15) is 5.82 Å². The highest BCUT2D eigenvalue weighted by Gasteiger charge is 2.20. The van der Waals surface area contributed by atoms with Gasteiger partial charge in [0.2, 0.25) is 0 Å². The summed E-state index contributed by atoms with van der Waals surface area (Å²) in [5, 5.41) is 12.4. The molecule has 0 aliphatic rings. The summed E-state index contributed by atoms with van der Waals surface area (Å²) in [6.07, 6.45) is 0. The molecule has 0 saturated heterocycles. The number of hydrogen-bond acceptors (Lipinski definition) is 3. The fourth-order valence-corrected chi connectivity index (χ4v) is 10.8. The smallest absolute Gasteiger partial charge is 0.162 e. The van der Waals surface area contributed by atoms with Crippen molar-refractivity contribution >= 4 is 85.6 Å². The molecule has 4 heteroatoms. The van der Waals surface area contributed by atoms with E-state index in [1.54, 1.807) is 0 Å². The van der Waals surface area contributed by atoms with Crippen molar-refractivity contribution in [2.45, 2.75) is 0 Å². The van der Waals surface area contributed by atoms with Crippen molar-refractivity contribution in [3.63, 3.8) is 0 Å². The van der Waals surface area contributed by atoms with Crippen LogP contribution >= 0.6 is 11.3 Å². The van der Waals surface area contributed by atoms with Crippen molar-refractivity contribution in [3.8, 4) is 50.7 Å². The minimum absolute atomic E-state index is 0.691. The molecule has 0 N–H and O–H groups in total. The van der Waals surface area contributed by atoms with Crippen molar-refractivity contribution in [1.29, 1.82) is 0 Å². The van der Waals surface area contributed by atoms with Crippen LogP contribution in [0.4, 0.5) is 0 Å². The van der Waals surface area contributed by atoms with E-state index >= 15 is 0 Å². The fraction of sp³-hybridized carbons (Fsp3) is 0. The van der Waals surface area contributed by atoms with Crippen molar-refractivity contribution in [2.75, 3.05) is 0 Å². The van der Waals surface area contributed by atoms with E-state index in [0.29, 0.717) is 5.82 Å². The molecular weight excluding hydrogens is 771 g/mol. The summed E-state index contributed by atoms with van der Waals surface area (Å²) in [5.74, 6) is 1.52.